The number of amides is 1. The van der Waals surface area contributed by atoms with Crippen LogP contribution in [-0.2, 0) is 0 Å². The maximum absolute atomic E-state index is 12.6. The molecule has 104 valence electrons. The minimum atomic E-state index is -0.141. The van der Waals surface area contributed by atoms with Crippen LogP contribution in [0.3, 0.4) is 0 Å². The van der Waals surface area contributed by atoms with Crippen LogP contribution in [0.15, 0.2) is 41.3 Å². The Labute approximate surface area is 129 Å². The fourth-order valence-electron chi connectivity index (χ4n) is 2.15. The Balaban J connectivity index is 2.40. The van der Waals surface area contributed by atoms with E-state index in [0.29, 0.717) is 15.5 Å². The summed E-state index contributed by atoms with van der Waals surface area (Å²) >= 11 is 10.4. The van der Waals surface area contributed by atoms with E-state index in [1.54, 1.807) is 30.1 Å². The van der Waals surface area contributed by atoms with Crippen molar-refractivity contribution in [2.24, 2.45) is 0 Å². The van der Waals surface area contributed by atoms with Gasteiger partial charge in [0.1, 0.15) is 0 Å². The molecule has 0 heterocycles. The molecule has 0 aliphatic carbocycles. The molecule has 2 nitrogen and oxygen atoms in total. The van der Waals surface area contributed by atoms with Crippen LogP contribution < -0.4 is 4.90 Å². The monoisotopic (exact) mass is 305 g/mol. The van der Waals surface area contributed by atoms with Gasteiger partial charge in [0.25, 0.3) is 5.91 Å². The molecule has 20 heavy (non-hydrogen) atoms. The average molecular weight is 306 g/mol. The molecule has 0 N–H and O–H groups in total. The van der Waals surface area contributed by atoms with Crippen molar-refractivity contribution in [2.45, 2.75) is 18.7 Å². The van der Waals surface area contributed by atoms with E-state index >= 15 is 0 Å². The molecular formula is C16H16ClNOS. The summed E-state index contributed by atoms with van der Waals surface area (Å²) in [5, 5.41) is 0.435. The van der Waals surface area contributed by atoms with Crippen LogP contribution in [-0.4, -0.2) is 13.0 Å². The summed E-state index contributed by atoms with van der Waals surface area (Å²) in [5.74, 6) is -0.141. The standard InChI is InChI=1S/C16H16ClNOS/c1-10-4-7-15(11(2)8-10)18(3)16(19)13-9-12(20)5-6-14(13)17/h4-9,20H,1-3H3. The molecule has 0 aromatic heterocycles. The van der Waals surface area contributed by atoms with Gasteiger partial charge in [-0.15, -0.1) is 12.6 Å². The highest BCUT2D eigenvalue weighted by atomic mass is 35.5. The van der Waals surface area contributed by atoms with Crippen LogP contribution in [0.4, 0.5) is 5.69 Å². The first-order valence-electron chi connectivity index (χ1n) is 6.24. The first kappa shape index (κ1) is 14.9. The highest BCUT2D eigenvalue weighted by Gasteiger charge is 2.18. The second-order valence-electron chi connectivity index (χ2n) is 4.82. The normalized spacial score (nSPS) is 10.4. The van der Waals surface area contributed by atoms with Crippen LogP contribution >= 0.6 is 24.2 Å². The fourth-order valence-corrected chi connectivity index (χ4v) is 2.55. The Hall–Kier alpha value is -1.45. The number of benzene rings is 2. The van der Waals surface area contributed by atoms with Gasteiger partial charge < -0.3 is 4.90 Å². The zero-order valence-electron chi connectivity index (χ0n) is 11.6. The molecule has 1 amide bonds. The summed E-state index contributed by atoms with van der Waals surface area (Å²) in [6, 6.07) is 11.1. The van der Waals surface area contributed by atoms with Gasteiger partial charge in [-0.1, -0.05) is 29.3 Å². The van der Waals surface area contributed by atoms with E-state index in [-0.39, 0.29) is 5.91 Å². The Morgan fingerprint density at radius 1 is 1.15 bits per heavy atom. The van der Waals surface area contributed by atoms with Crippen LogP contribution in [0.5, 0.6) is 0 Å². The zero-order chi connectivity index (χ0) is 14.9. The Kier molecular flexibility index (Phi) is 4.41. The third-order valence-electron chi connectivity index (χ3n) is 3.20. The maximum Gasteiger partial charge on any atom is 0.259 e. The van der Waals surface area contributed by atoms with Crippen molar-refractivity contribution in [1.82, 2.24) is 0 Å². The molecule has 2 aromatic carbocycles. The lowest BCUT2D eigenvalue weighted by Gasteiger charge is -2.20. The first-order valence-corrected chi connectivity index (χ1v) is 7.06. The molecule has 0 saturated carbocycles. The number of hydrogen-bond acceptors (Lipinski definition) is 2. The molecule has 0 unspecified atom stereocenters. The fraction of sp³-hybridized carbons (Fsp3) is 0.188. The van der Waals surface area contributed by atoms with Crippen LogP contribution in [0, 0.1) is 13.8 Å². The van der Waals surface area contributed by atoms with Crippen molar-refractivity contribution in [3.05, 3.63) is 58.1 Å². The van der Waals surface area contributed by atoms with Gasteiger partial charge in [0.15, 0.2) is 0 Å². The van der Waals surface area contributed by atoms with Gasteiger partial charge in [0.05, 0.1) is 10.6 Å². The quantitative estimate of drug-likeness (QED) is 0.809. The lowest BCUT2D eigenvalue weighted by atomic mass is 10.1. The molecular weight excluding hydrogens is 290 g/mol. The van der Waals surface area contributed by atoms with E-state index in [1.165, 1.54) is 5.56 Å². The average Bonchev–Trinajstić information content (AvgIpc) is 2.40. The number of nitrogens with zero attached hydrogens (tertiary/aromatic N) is 1. The minimum absolute atomic E-state index is 0.141. The van der Waals surface area contributed by atoms with Gasteiger partial charge in [-0.2, -0.15) is 0 Å². The highest BCUT2D eigenvalue weighted by Crippen LogP contribution is 2.25. The predicted octanol–water partition coefficient (Wildman–Crippen LogP) is 4.52. The number of anilines is 1. The Morgan fingerprint density at radius 3 is 2.50 bits per heavy atom. The molecule has 0 aliphatic heterocycles. The summed E-state index contributed by atoms with van der Waals surface area (Å²) in [6.45, 7) is 4.02. The molecule has 2 aromatic rings. The molecule has 0 bridgehead atoms. The van der Waals surface area contributed by atoms with Gasteiger partial charge >= 0.3 is 0 Å². The van der Waals surface area contributed by atoms with Crippen LogP contribution in [0.1, 0.15) is 21.5 Å². The summed E-state index contributed by atoms with van der Waals surface area (Å²) in [4.78, 5) is 14.9. The third-order valence-corrected chi connectivity index (χ3v) is 3.81. The van der Waals surface area contributed by atoms with Crippen molar-refractivity contribution in [1.29, 1.82) is 0 Å². The lowest BCUT2D eigenvalue weighted by molar-refractivity contribution is 0.0993. The second kappa shape index (κ2) is 5.90. The third kappa shape index (κ3) is 3.00. The van der Waals surface area contributed by atoms with E-state index in [0.717, 1.165) is 11.3 Å². The van der Waals surface area contributed by atoms with Crippen LogP contribution in [0.25, 0.3) is 0 Å². The number of hydrogen-bond donors (Lipinski definition) is 1. The van der Waals surface area contributed by atoms with Gasteiger partial charge in [-0.3, -0.25) is 4.79 Å². The lowest BCUT2D eigenvalue weighted by Crippen LogP contribution is -2.27. The van der Waals surface area contributed by atoms with Gasteiger partial charge in [-0.05, 0) is 43.7 Å². The molecule has 2 rings (SSSR count). The van der Waals surface area contributed by atoms with Crippen LogP contribution in [0.2, 0.25) is 5.02 Å². The summed E-state index contributed by atoms with van der Waals surface area (Å²) in [7, 11) is 1.75. The second-order valence-corrected chi connectivity index (χ2v) is 5.74. The van der Waals surface area contributed by atoms with Crippen molar-refractivity contribution in [3.8, 4) is 0 Å². The van der Waals surface area contributed by atoms with Gasteiger partial charge in [-0.25, -0.2) is 0 Å². The molecule has 0 aliphatic rings. The number of carbonyl (C=O) groups is 1. The summed E-state index contributed by atoms with van der Waals surface area (Å²) in [6.07, 6.45) is 0. The molecule has 0 atom stereocenters. The molecule has 0 radical (unpaired) electrons. The van der Waals surface area contributed by atoms with E-state index in [4.69, 9.17) is 11.6 Å². The first-order chi connectivity index (χ1) is 9.40. The highest BCUT2D eigenvalue weighted by molar-refractivity contribution is 7.80. The van der Waals surface area contributed by atoms with Crippen molar-refractivity contribution < 1.29 is 4.79 Å². The van der Waals surface area contributed by atoms with E-state index in [9.17, 15) is 4.79 Å². The van der Waals surface area contributed by atoms with Gasteiger partial charge in [0.2, 0.25) is 0 Å². The maximum atomic E-state index is 12.6. The summed E-state index contributed by atoms with van der Waals surface area (Å²) in [5.41, 5.74) is 3.56. The van der Waals surface area contributed by atoms with Gasteiger partial charge in [0, 0.05) is 17.6 Å². The molecule has 0 spiro atoms. The van der Waals surface area contributed by atoms with E-state index in [2.05, 4.69) is 18.7 Å². The number of carbonyl (C=O) groups excluding carboxylic acids is 1. The Bertz CT molecular complexity index is 670. The smallest absolute Gasteiger partial charge is 0.259 e. The molecule has 0 saturated heterocycles. The van der Waals surface area contributed by atoms with E-state index in [1.807, 2.05) is 26.0 Å². The topological polar surface area (TPSA) is 20.3 Å². The number of aryl methyl sites for hydroxylation is 2. The molecule has 4 heteroatoms. The number of halogens is 1. The Morgan fingerprint density at radius 2 is 1.85 bits per heavy atom. The van der Waals surface area contributed by atoms with Crippen molar-refractivity contribution in [3.63, 3.8) is 0 Å². The minimum Gasteiger partial charge on any atom is -0.311 e. The predicted molar refractivity (Wildman–Crippen MR) is 87.4 cm³/mol. The van der Waals surface area contributed by atoms with Crippen molar-refractivity contribution in [2.75, 3.05) is 11.9 Å². The van der Waals surface area contributed by atoms with Crippen molar-refractivity contribution >= 4 is 35.8 Å². The molecule has 0 fully saturated rings. The van der Waals surface area contributed by atoms with E-state index < -0.39 is 0 Å². The largest absolute Gasteiger partial charge is 0.311 e. The number of thiol groups is 1. The number of rotatable bonds is 2. The summed E-state index contributed by atoms with van der Waals surface area (Å²) < 4.78 is 0. The zero-order valence-corrected chi connectivity index (χ0v) is 13.3. The SMILES string of the molecule is Cc1ccc(N(C)C(=O)c2cc(S)ccc2Cl)c(C)c1.